The topological polar surface area (TPSA) is 75.3 Å². The number of hydrogen-bond donors (Lipinski definition) is 2. The number of carbonyl (C=O) groups is 1. The van der Waals surface area contributed by atoms with Crippen molar-refractivity contribution in [1.29, 1.82) is 0 Å². The second-order valence-electron chi connectivity index (χ2n) is 8.08. The van der Waals surface area contributed by atoms with Crippen molar-refractivity contribution in [2.24, 2.45) is 0 Å². The minimum absolute atomic E-state index is 0.118. The van der Waals surface area contributed by atoms with Gasteiger partial charge in [-0.25, -0.2) is 12.8 Å². The summed E-state index contributed by atoms with van der Waals surface area (Å²) in [6.45, 7) is 0. The third-order valence-corrected chi connectivity index (χ3v) is 7.06. The summed E-state index contributed by atoms with van der Waals surface area (Å²) in [6, 6.07) is 31.1. The van der Waals surface area contributed by atoms with E-state index in [9.17, 15) is 17.6 Å². The lowest BCUT2D eigenvalue weighted by Crippen LogP contribution is -2.49. The zero-order valence-electron chi connectivity index (χ0n) is 18.8. The molecule has 1 atom stereocenters. The van der Waals surface area contributed by atoms with E-state index < -0.39 is 33.8 Å². The van der Waals surface area contributed by atoms with Crippen LogP contribution in [0.25, 0.3) is 0 Å². The number of rotatable bonds is 9. The number of hydrogen-bond acceptors (Lipinski definition) is 3. The quantitative estimate of drug-likeness (QED) is 0.361. The fourth-order valence-electron chi connectivity index (χ4n) is 3.80. The fourth-order valence-corrected chi connectivity index (χ4v) is 5.00. The smallest absolute Gasteiger partial charge is 0.241 e. The molecule has 0 aliphatic rings. The molecule has 0 aliphatic heterocycles. The molecule has 4 aromatic rings. The monoisotopic (exact) mass is 488 g/mol. The van der Waals surface area contributed by atoms with Gasteiger partial charge in [0.2, 0.25) is 15.9 Å². The molecule has 7 heteroatoms. The fraction of sp³-hybridized carbons (Fsp3) is 0.107. The average Bonchev–Trinajstić information content (AvgIpc) is 2.88. The van der Waals surface area contributed by atoms with Crippen molar-refractivity contribution < 1.29 is 17.6 Å². The van der Waals surface area contributed by atoms with Crippen molar-refractivity contribution in [3.63, 3.8) is 0 Å². The maximum atomic E-state index is 13.6. The Balaban J connectivity index is 1.65. The third-order valence-electron chi connectivity index (χ3n) is 5.57. The van der Waals surface area contributed by atoms with E-state index in [-0.39, 0.29) is 11.3 Å². The Labute approximate surface area is 204 Å². The van der Waals surface area contributed by atoms with E-state index in [0.29, 0.717) is 0 Å². The van der Waals surface area contributed by atoms with Gasteiger partial charge in [0.05, 0.1) is 10.9 Å². The molecule has 0 fully saturated rings. The number of carbonyl (C=O) groups excluding carboxylic acids is 1. The van der Waals surface area contributed by atoms with Crippen LogP contribution < -0.4 is 10.0 Å². The number of nitrogens with one attached hydrogen (secondary N) is 2. The molecule has 1 amide bonds. The summed E-state index contributed by atoms with van der Waals surface area (Å²) >= 11 is 0. The Hall–Kier alpha value is -3.81. The second-order valence-corrected chi connectivity index (χ2v) is 9.79. The van der Waals surface area contributed by atoms with E-state index >= 15 is 0 Å². The summed E-state index contributed by atoms with van der Waals surface area (Å²) in [5.74, 6) is -1.02. The van der Waals surface area contributed by atoms with Crippen molar-refractivity contribution in [3.8, 4) is 0 Å². The van der Waals surface area contributed by atoms with Crippen LogP contribution in [0.2, 0.25) is 0 Å². The summed E-state index contributed by atoms with van der Waals surface area (Å²) in [5.41, 5.74) is 2.53. The number of halogens is 1. The van der Waals surface area contributed by atoms with Crippen molar-refractivity contribution in [3.05, 3.63) is 138 Å². The largest absolute Gasteiger partial charge is 0.344 e. The van der Waals surface area contributed by atoms with Gasteiger partial charge in [-0.05, 0) is 47.4 Å². The molecule has 0 spiro atoms. The van der Waals surface area contributed by atoms with Gasteiger partial charge in [0.1, 0.15) is 11.9 Å². The molecule has 0 bridgehead atoms. The number of sulfonamides is 1. The van der Waals surface area contributed by atoms with Gasteiger partial charge in [-0.15, -0.1) is 0 Å². The van der Waals surface area contributed by atoms with Gasteiger partial charge in [0.25, 0.3) is 0 Å². The highest BCUT2D eigenvalue weighted by molar-refractivity contribution is 7.89. The first-order valence-electron chi connectivity index (χ1n) is 11.1. The molecule has 0 aliphatic carbocycles. The second kappa shape index (κ2) is 11.1. The van der Waals surface area contributed by atoms with Gasteiger partial charge in [-0.1, -0.05) is 91.0 Å². The lowest BCUT2D eigenvalue weighted by molar-refractivity contribution is -0.123. The molecule has 0 heterocycles. The molecule has 1 unspecified atom stereocenters. The van der Waals surface area contributed by atoms with Crippen LogP contribution in [-0.2, 0) is 21.2 Å². The number of benzene rings is 4. The zero-order valence-corrected chi connectivity index (χ0v) is 19.7. The van der Waals surface area contributed by atoms with Crippen LogP contribution in [0.5, 0.6) is 0 Å². The minimum Gasteiger partial charge on any atom is -0.344 e. The first kappa shape index (κ1) is 24.3. The lowest BCUT2D eigenvalue weighted by atomic mass is 9.97. The highest BCUT2D eigenvalue weighted by atomic mass is 32.2. The molecule has 0 saturated heterocycles. The summed E-state index contributed by atoms with van der Waals surface area (Å²) < 4.78 is 42.0. The van der Waals surface area contributed by atoms with Gasteiger partial charge in [-0.2, -0.15) is 4.72 Å². The molecule has 35 heavy (non-hydrogen) atoms. The maximum Gasteiger partial charge on any atom is 0.241 e. The van der Waals surface area contributed by atoms with Crippen molar-refractivity contribution >= 4 is 15.9 Å². The highest BCUT2D eigenvalue weighted by Gasteiger charge is 2.28. The molecule has 2 N–H and O–H groups in total. The summed E-state index contributed by atoms with van der Waals surface area (Å²) in [6.07, 6.45) is 0.142. The Morgan fingerprint density at radius 3 is 1.71 bits per heavy atom. The van der Waals surface area contributed by atoms with E-state index in [1.807, 2.05) is 91.0 Å². The van der Waals surface area contributed by atoms with E-state index in [4.69, 9.17) is 0 Å². The zero-order chi connectivity index (χ0) is 24.7. The van der Waals surface area contributed by atoms with Crippen LogP contribution in [0.1, 0.15) is 22.7 Å². The SMILES string of the molecule is O=C(NC(c1ccccc1)c1ccccc1)C(Cc1ccccc1)NS(=O)(=O)c1ccc(F)cc1. The molecule has 0 saturated carbocycles. The van der Waals surface area contributed by atoms with Gasteiger partial charge < -0.3 is 5.32 Å². The minimum atomic E-state index is -4.08. The first-order valence-corrected chi connectivity index (χ1v) is 12.6. The van der Waals surface area contributed by atoms with Gasteiger partial charge in [-0.3, -0.25) is 4.79 Å². The van der Waals surface area contributed by atoms with Crippen molar-refractivity contribution in [1.82, 2.24) is 10.0 Å². The Bertz CT molecular complexity index is 1310. The summed E-state index contributed by atoms with van der Waals surface area (Å²) in [7, 11) is -4.08. The van der Waals surface area contributed by atoms with Crippen molar-refractivity contribution in [2.45, 2.75) is 23.4 Å². The molecule has 0 radical (unpaired) electrons. The molecule has 178 valence electrons. The molecule has 4 rings (SSSR count). The first-order chi connectivity index (χ1) is 16.9. The van der Waals surface area contributed by atoms with Crippen molar-refractivity contribution in [2.75, 3.05) is 0 Å². The lowest BCUT2D eigenvalue weighted by Gasteiger charge is -2.24. The molecule has 0 aromatic heterocycles. The van der Waals surface area contributed by atoms with E-state index in [1.165, 1.54) is 12.1 Å². The molecule has 4 aromatic carbocycles. The average molecular weight is 489 g/mol. The Morgan fingerprint density at radius 2 is 1.20 bits per heavy atom. The summed E-state index contributed by atoms with van der Waals surface area (Å²) in [5, 5.41) is 3.03. The molecular formula is C28H25FN2O3S. The maximum absolute atomic E-state index is 13.6. The van der Waals surface area contributed by atoms with Gasteiger partial charge >= 0.3 is 0 Å². The van der Waals surface area contributed by atoms with Crippen LogP contribution in [0.4, 0.5) is 4.39 Å². The normalized spacial score (nSPS) is 12.3. The molecular weight excluding hydrogens is 463 g/mol. The van der Waals surface area contributed by atoms with Gasteiger partial charge in [0.15, 0.2) is 0 Å². The number of amides is 1. The van der Waals surface area contributed by atoms with E-state index in [1.54, 1.807) is 0 Å². The van der Waals surface area contributed by atoms with Crippen LogP contribution in [0, 0.1) is 5.82 Å². The molecule has 5 nitrogen and oxygen atoms in total. The Morgan fingerprint density at radius 1 is 0.714 bits per heavy atom. The van der Waals surface area contributed by atoms with Crippen LogP contribution in [0.3, 0.4) is 0 Å². The standard InChI is InChI=1S/C28H25FN2O3S/c29-24-16-18-25(19-17-24)35(33,34)31-26(20-21-10-4-1-5-11-21)28(32)30-27(22-12-6-2-7-13-22)23-14-8-3-9-15-23/h1-19,26-27,31H,20H2,(H,30,32). The third kappa shape index (κ3) is 6.41. The van der Waals surface area contributed by atoms with Gasteiger partial charge in [0, 0.05) is 0 Å². The van der Waals surface area contributed by atoms with E-state index in [2.05, 4.69) is 10.0 Å². The van der Waals surface area contributed by atoms with Crippen LogP contribution >= 0.6 is 0 Å². The van der Waals surface area contributed by atoms with E-state index in [0.717, 1.165) is 28.8 Å². The van der Waals surface area contributed by atoms with Crippen LogP contribution in [-0.4, -0.2) is 20.4 Å². The highest BCUT2D eigenvalue weighted by Crippen LogP contribution is 2.22. The Kier molecular flexibility index (Phi) is 7.70. The predicted molar refractivity (Wildman–Crippen MR) is 134 cm³/mol. The predicted octanol–water partition coefficient (Wildman–Crippen LogP) is 4.62. The summed E-state index contributed by atoms with van der Waals surface area (Å²) in [4.78, 5) is 13.5. The van der Waals surface area contributed by atoms with Crippen LogP contribution in [0.15, 0.2) is 120 Å².